The highest BCUT2D eigenvalue weighted by molar-refractivity contribution is 5.79. The van der Waals surface area contributed by atoms with Gasteiger partial charge in [0.1, 0.15) is 0 Å². The summed E-state index contributed by atoms with van der Waals surface area (Å²) in [7, 11) is 0. The van der Waals surface area contributed by atoms with Gasteiger partial charge in [-0.05, 0) is 58.7 Å². The lowest BCUT2D eigenvalue weighted by molar-refractivity contribution is 0.173. The van der Waals surface area contributed by atoms with E-state index in [0.29, 0.717) is 24.2 Å². The normalized spacial score (nSPS) is 11.9. The average Bonchev–Trinajstić information content (AvgIpc) is 2.59. The molecular formula is C20H33N5. The summed E-state index contributed by atoms with van der Waals surface area (Å²) in [5.41, 5.74) is 1.78. The minimum Gasteiger partial charge on any atom is -0.357 e. The molecule has 0 aliphatic carbocycles. The summed E-state index contributed by atoms with van der Waals surface area (Å²) >= 11 is 0. The first-order chi connectivity index (χ1) is 12.0. The van der Waals surface area contributed by atoms with E-state index in [1.165, 1.54) is 0 Å². The number of benzene rings is 1. The van der Waals surface area contributed by atoms with Gasteiger partial charge in [0.05, 0.1) is 18.2 Å². The number of guanidine groups is 1. The predicted molar refractivity (Wildman–Crippen MR) is 106 cm³/mol. The summed E-state index contributed by atoms with van der Waals surface area (Å²) in [4.78, 5) is 7.13. The Balaban J connectivity index is 2.48. The molecule has 5 nitrogen and oxygen atoms in total. The number of aliphatic imine (C=N–C) groups is 1. The van der Waals surface area contributed by atoms with Crippen LogP contribution >= 0.6 is 0 Å². The smallest absolute Gasteiger partial charge is 0.191 e. The molecule has 0 fully saturated rings. The number of nitrogens with zero attached hydrogens (tertiary/aromatic N) is 3. The third kappa shape index (κ3) is 8.04. The van der Waals surface area contributed by atoms with Crippen molar-refractivity contribution in [3.05, 3.63) is 35.4 Å². The van der Waals surface area contributed by atoms with Gasteiger partial charge in [0, 0.05) is 31.7 Å². The number of rotatable bonds is 9. The van der Waals surface area contributed by atoms with Gasteiger partial charge in [-0.25, -0.2) is 4.99 Å². The van der Waals surface area contributed by atoms with E-state index in [1.807, 2.05) is 24.3 Å². The Morgan fingerprint density at radius 2 is 1.76 bits per heavy atom. The maximum Gasteiger partial charge on any atom is 0.191 e. The highest BCUT2D eigenvalue weighted by atomic mass is 15.2. The van der Waals surface area contributed by atoms with Crippen LogP contribution in [0.4, 0.5) is 0 Å². The second kappa shape index (κ2) is 11.5. The van der Waals surface area contributed by atoms with Crippen molar-refractivity contribution in [1.29, 1.82) is 5.26 Å². The fourth-order valence-electron chi connectivity index (χ4n) is 2.78. The summed E-state index contributed by atoms with van der Waals surface area (Å²) in [6.45, 7) is 14.5. The van der Waals surface area contributed by atoms with E-state index in [1.54, 1.807) is 0 Å². The molecule has 25 heavy (non-hydrogen) atoms. The molecule has 0 saturated heterocycles. The summed E-state index contributed by atoms with van der Waals surface area (Å²) < 4.78 is 0. The fourth-order valence-corrected chi connectivity index (χ4v) is 2.78. The molecule has 2 N–H and O–H groups in total. The SMILES string of the molecule is CCNC(=NCc1ccc(C#N)cc1)NCCCN(C(C)C)C(C)C. The van der Waals surface area contributed by atoms with Crippen molar-refractivity contribution in [1.82, 2.24) is 15.5 Å². The summed E-state index contributed by atoms with van der Waals surface area (Å²) in [5, 5.41) is 15.5. The van der Waals surface area contributed by atoms with Crippen LogP contribution in [0.5, 0.6) is 0 Å². The molecule has 0 amide bonds. The van der Waals surface area contributed by atoms with Crippen LogP contribution in [0.25, 0.3) is 0 Å². The molecular weight excluding hydrogens is 310 g/mol. The van der Waals surface area contributed by atoms with Crippen molar-refractivity contribution in [2.45, 2.75) is 59.7 Å². The fraction of sp³-hybridized carbons (Fsp3) is 0.600. The molecule has 0 bridgehead atoms. The molecule has 0 heterocycles. The van der Waals surface area contributed by atoms with Gasteiger partial charge in [0.25, 0.3) is 0 Å². The minimum absolute atomic E-state index is 0.568. The first-order valence-electron chi connectivity index (χ1n) is 9.24. The maximum absolute atomic E-state index is 8.84. The van der Waals surface area contributed by atoms with Crippen LogP contribution in [0.2, 0.25) is 0 Å². The van der Waals surface area contributed by atoms with Crippen LogP contribution in [-0.4, -0.2) is 42.6 Å². The predicted octanol–water partition coefficient (Wildman–Crippen LogP) is 3.12. The summed E-state index contributed by atoms with van der Waals surface area (Å²) in [6, 6.07) is 10.8. The molecule has 1 aromatic carbocycles. The lowest BCUT2D eigenvalue weighted by Gasteiger charge is -2.30. The zero-order valence-corrected chi connectivity index (χ0v) is 16.3. The minimum atomic E-state index is 0.568. The Labute approximate surface area is 153 Å². The van der Waals surface area contributed by atoms with Crippen molar-refractivity contribution in [2.24, 2.45) is 4.99 Å². The highest BCUT2D eigenvalue weighted by Crippen LogP contribution is 2.06. The van der Waals surface area contributed by atoms with Gasteiger partial charge in [-0.2, -0.15) is 5.26 Å². The van der Waals surface area contributed by atoms with E-state index in [-0.39, 0.29) is 0 Å². The molecule has 0 unspecified atom stereocenters. The molecule has 0 aromatic heterocycles. The maximum atomic E-state index is 8.84. The van der Waals surface area contributed by atoms with E-state index in [9.17, 15) is 0 Å². The number of nitriles is 1. The van der Waals surface area contributed by atoms with Crippen molar-refractivity contribution in [3.63, 3.8) is 0 Å². The van der Waals surface area contributed by atoms with E-state index < -0.39 is 0 Å². The molecule has 1 rings (SSSR count). The Morgan fingerprint density at radius 1 is 1.12 bits per heavy atom. The standard InChI is InChI=1S/C20H33N5/c1-6-22-20(23-12-7-13-25(16(2)3)17(4)5)24-15-19-10-8-18(14-21)9-11-19/h8-11,16-17H,6-7,12-13,15H2,1-5H3,(H2,22,23,24). The first-order valence-corrected chi connectivity index (χ1v) is 9.24. The van der Waals surface area contributed by atoms with Gasteiger partial charge < -0.3 is 10.6 Å². The summed E-state index contributed by atoms with van der Waals surface area (Å²) in [5.74, 6) is 0.840. The Bertz CT molecular complexity index is 546. The Morgan fingerprint density at radius 3 is 2.28 bits per heavy atom. The molecule has 0 atom stereocenters. The number of hydrogen-bond donors (Lipinski definition) is 2. The lowest BCUT2D eigenvalue weighted by atomic mass is 10.1. The Hall–Kier alpha value is -2.06. The molecule has 5 heteroatoms. The molecule has 0 spiro atoms. The second-order valence-corrected chi connectivity index (χ2v) is 6.71. The average molecular weight is 344 g/mol. The highest BCUT2D eigenvalue weighted by Gasteiger charge is 2.12. The van der Waals surface area contributed by atoms with Crippen LogP contribution in [-0.2, 0) is 6.54 Å². The third-order valence-corrected chi connectivity index (χ3v) is 4.06. The van der Waals surface area contributed by atoms with Crippen molar-refractivity contribution >= 4 is 5.96 Å². The second-order valence-electron chi connectivity index (χ2n) is 6.71. The van der Waals surface area contributed by atoms with Gasteiger partial charge >= 0.3 is 0 Å². The van der Waals surface area contributed by atoms with Crippen molar-refractivity contribution < 1.29 is 0 Å². The van der Waals surface area contributed by atoms with Crippen LogP contribution in [0.3, 0.4) is 0 Å². The van der Waals surface area contributed by atoms with E-state index >= 15 is 0 Å². The van der Waals surface area contributed by atoms with Crippen molar-refractivity contribution in [2.75, 3.05) is 19.6 Å². The van der Waals surface area contributed by atoms with E-state index in [0.717, 1.165) is 37.6 Å². The van der Waals surface area contributed by atoms with Gasteiger partial charge in [0.15, 0.2) is 5.96 Å². The van der Waals surface area contributed by atoms with Crippen LogP contribution in [0.15, 0.2) is 29.3 Å². The number of nitrogens with one attached hydrogen (secondary N) is 2. The van der Waals surface area contributed by atoms with Crippen LogP contribution < -0.4 is 10.6 Å². The zero-order chi connectivity index (χ0) is 18.7. The van der Waals surface area contributed by atoms with Gasteiger partial charge in [-0.1, -0.05) is 12.1 Å². The lowest BCUT2D eigenvalue weighted by Crippen LogP contribution is -2.41. The van der Waals surface area contributed by atoms with E-state index in [2.05, 4.69) is 61.2 Å². The molecule has 0 aliphatic heterocycles. The first kappa shape index (κ1) is 21.0. The quantitative estimate of drug-likeness (QED) is 0.411. The molecule has 0 saturated carbocycles. The van der Waals surface area contributed by atoms with Crippen molar-refractivity contribution in [3.8, 4) is 6.07 Å². The zero-order valence-electron chi connectivity index (χ0n) is 16.3. The third-order valence-electron chi connectivity index (χ3n) is 4.06. The molecule has 0 radical (unpaired) electrons. The van der Waals surface area contributed by atoms with E-state index in [4.69, 9.17) is 5.26 Å². The largest absolute Gasteiger partial charge is 0.357 e. The summed E-state index contributed by atoms with van der Waals surface area (Å²) in [6.07, 6.45) is 1.08. The topological polar surface area (TPSA) is 63.5 Å². The molecule has 0 aliphatic rings. The number of hydrogen-bond acceptors (Lipinski definition) is 3. The Kier molecular flexibility index (Phi) is 9.64. The van der Waals surface area contributed by atoms with Gasteiger partial charge in [-0.3, -0.25) is 4.90 Å². The monoisotopic (exact) mass is 343 g/mol. The molecule has 138 valence electrons. The molecule has 1 aromatic rings. The van der Waals surface area contributed by atoms with Crippen LogP contribution in [0.1, 0.15) is 52.2 Å². The van der Waals surface area contributed by atoms with Gasteiger partial charge in [-0.15, -0.1) is 0 Å². The van der Waals surface area contributed by atoms with Gasteiger partial charge in [0.2, 0.25) is 0 Å². The van der Waals surface area contributed by atoms with Crippen LogP contribution in [0, 0.1) is 11.3 Å².